The lowest BCUT2D eigenvalue weighted by atomic mass is 9.93. The second-order valence-corrected chi connectivity index (χ2v) is 13.1. The molecule has 0 aromatic heterocycles. The van der Waals surface area contributed by atoms with Gasteiger partial charge in [0, 0.05) is 18.3 Å². The molecule has 40 heavy (non-hydrogen) atoms. The van der Waals surface area contributed by atoms with E-state index in [1.54, 1.807) is 13.8 Å². The van der Waals surface area contributed by atoms with Crippen molar-refractivity contribution in [2.75, 3.05) is 19.8 Å². The summed E-state index contributed by atoms with van der Waals surface area (Å²) < 4.78 is 16.4. The molecule has 0 heterocycles. The average molecular weight is 569 g/mol. The number of hydrogen-bond acceptors (Lipinski definition) is 6. The minimum absolute atomic E-state index is 0.00372. The van der Waals surface area contributed by atoms with Crippen LogP contribution >= 0.6 is 0 Å². The molecule has 0 aliphatic heterocycles. The fraction of sp³-hybridized carbons (Fsp3) is 0.912. The number of rotatable bonds is 27. The van der Waals surface area contributed by atoms with Crippen LogP contribution in [0.25, 0.3) is 0 Å². The van der Waals surface area contributed by atoms with E-state index < -0.39 is 16.8 Å². The highest BCUT2D eigenvalue weighted by Gasteiger charge is 2.33. The van der Waals surface area contributed by atoms with Crippen LogP contribution < -0.4 is 0 Å². The van der Waals surface area contributed by atoms with E-state index in [4.69, 9.17) is 14.2 Å². The van der Waals surface area contributed by atoms with Gasteiger partial charge in [0.25, 0.3) is 0 Å². The number of hydrogen-bond donors (Lipinski definition) is 0. The molecule has 0 atom stereocenters. The summed E-state index contributed by atoms with van der Waals surface area (Å²) in [5.41, 5.74) is -1.43. The number of carbonyl (C=O) groups excluding carboxylic acids is 3. The first-order chi connectivity index (χ1) is 19.0. The van der Waals surface area contributed by atoms with E-state index in [0.29, 0.717) is 12.8 Å². The van der Waals surface area contributed by atoms with Crippen molar-refractivity contribution in [2.45, 2.75) is 170 Å². The Morgan fingerprint density at radius 1 is 0.450 bits per heavy atom. The van der Waals surface area contributed by atoms with Crippen LogP contribution in [-0.2, 0) is 28.6 Å². The molecule has 0 aliphatic rings. The quantitative estimate of drug-likeness (QED) is 0.0558. The predicted molar refractivity (Wildman–Crippen MR) is 164 cm³/mol. The maximum Gasteiger partial charge on any atom is 0.315 e. The second-order valence-electron chi connectivity index (χ2n) is 13.1. The highest BCUT2D eigenvalue weighted by Crippen LogP contribution is 2.23. The minimum atomic E-state index is -0.934. The van der Waals surface area contributed by atoms with Gasteiger partial charge in [0.2, 0.25) is 0 Å². The Morgan fingerprint density at radius 2 is 0.775 bits per heavy atom. The zero-order valence-electron chi connectivity index (χ0n) is 27.2. The number of ether oxygens (including phenoxy) is 3. The van der Waals surface area contributed by atoms with Crippen molar-refractivity contribution in [1.82, 2.24) is 0 Å². The van der Waals surface area contributed by atoms with Crippen molar-refractivity contribution in [1.29, 1.82) is 0 Å². The lowest BCUT2D eigenvalue weighted by Gasteiger charge is -2.27. The van der Waals surface area contributed by atoms with Crippen LogP contribution in [0.2, 0.25) is 0 Å². The molecule has 0 N–H and O–H groups in total. The summed E-state index contributed by atoms with van der Waals surface area (Å²) in [6.45, 7) is 12.0. The Morgan fingerprint density at radius 3 is 1.18 bits per heavy atom. The Labute approximate surface area is 247 Å². The molecule has 6 heteroatoms. The van der Waals surface area contributed by atoms with Crippen molar-refractivity contribution in [3.8, 4) is 0 Å². The van der Waals surface area contributed by atoms with E-state index in [2.05, 4.69) is 13.8 Å². The highest BCUT2D eigenvalue weighted by molar-refractivity contribution is 5.77. The molecule has 0 rings (SSSR count). The summed E-state index contributed by atoms with van der Waals surface area (Å²) in [5.74, 6) is -0.873. The maximum absolute atomic E-state index is 12.7. The van der Waals surface area contributed by atoms with Crippen LogP contribution in [0, 0.1) is 10.8 Å². The average Bonchev–Trinajstić information content (AvgIpc) is 2.92. The molecule has 0 unspecified atom stereocenters. The normalized spacial score (nSPS) is 11.8. The first-order valence-corrected chi connectivity index (χ1v) is 16.5. The van der Waals surface area contributed by atoms with Crippen molar-refractivity contribution in [3.63, 3.8) is 0 Å². The van der Waals surface area contributed by atoms with Crippen molar-refractivity contribution < 1.29 is 28.6 Å². The lowest BCUT2D eigenvalue weighted by molar-refractivity contribution is -0.165. The third kappa shape index (κ3) is 23.1. The van der Waals surface area contributed by atoms with E-state index >= 15 is 0 Å². The van der Waals surface area contributed by atoms with Crippen molar-refractivity contribution in [2.24, 2.45) is 10.8 Å². The van der Waals surface area contributed by atoms with Gasteiger partial charge in [-0.25, -0.2) is 0 Å². The summed E-state index contributed by atoms with van der Waals surface area (Å²) >= 11 is 0. The molecule has 0 aromatic carbocycles. The van der Waals surface area contributed by atoms with Crippen LogP contribution in [0.4, 0.5) is 0 Å². The molecule has 0 bridgehead atoms. The van der Waals surface area contributed by atoms with Gasteiger partial charge >= 0.3 is 17.9 Å². The summed E-state index contributed by atoms with van der Waals surface area (Å²) in [6.07, 6.45) is 22.4. The molecular formula is C34H64O6. The third-order valence-corrected chi connectivity index (χ3v) is 7.33. The minimum Gasteiger partial charge on any atom is -0.465 e. The van der Waals surface area contributed by atoms with Gasteiger partial charge < -0.3 is 14.2 Å². The van der Waals surface area contributed by atoms with Crippen LogP contribution in [0.3, 0.4) is 0 Å². The topological polar surface area (TPSA) is 78.9 Å². The van der Waals surface area contributed by atoms with Gasteiger partial charge in [0.05, 0.1) is 18.6 Å². The zero-order chi connectivity index (χ0) is 30.1. The molecule has 0 aliphatic carbocycles. The summed E-state index contributed by atoms with van der Waals surface area (Å²) in [7, 11) is 0. The van der Waals surface area contributed by atoms with Gasteiger partial charge in [-0.05, 0) is 26.7 Å². The smallest absolute Gasteiger partial charge is 0.315 e. The Balaban J connectivity index is 3.99. The van der Waals surface area contributed by atoms with Gasteiger partial charge in [-0.2, -0.15) is 0 Å². The first kappa shape index (κ1) is 38.4. The molecule has 0 saturated carbocycles. The van der Waals surface area contributed by atoms with E-state index in [1.807, 2.05) is 13.8 Å². The van der Waals surface area contributed by atoms with Crippen LogP contribution in [-0.4, -0.2) is 37.7 Å². The molecule has 0 fully saturated rings. The number of carbonyl (C=O) groups is 3. The monoisotopic (exact) mass is 568 g/mol. The van der Waals surface area contributed by atoms with Gasteiger partial charge in [-0.1, -0.05) is 130 Å². The van der Waals surface area contributed by atoms with Gasteiger partial charge in [-0.3, -0.25) is 14.4 Å². The van der Waals surface area contributed by atoms with Gasteiger partial charge in [-0.15, -0.1) is 0 Å². The van der Waals surface area contributed by atoms with Gasteiger partial charge in [0.1, 0.15) is 6.61 Å². The molecule has 0 radical (unpaired) electrons. The van der Waals surface area contributed by atoms with Crippen LogP contribution in [0.15, 0.2) is 0 Å². The summed E-state index contributed by atoms with van der Waals surface area (Å²) in [5, 5.41) is 0. The van der Waals surface area contributed by atoms with E-state index in [1.165, 1.54) is 83.5 Å². The first-order valence-electron chi connectivity index (χ1n) is 16.5. The molecule has 236 valence electrons. The maximum atomic E-state index is 12.7. The van der Waals surface area contributed by atoms with Crippen LogP contribution in [0.1, 0.15) is 170 Å². The fourth-order valence-electron chi connectivity index (χ4n) is 4.40. The zero-order valence-corrected chi connectivity index (χ0v) is 27.2. The largest absolute Gasteiger partial charge is 0.465 e. The van der Waals surface area contributed by atoms with Crippen LogP contribution in [0.5, 0.6) is 0 Å². The Kier molecular flexibility index (Phi) is 23.1. The Bertz CT molecular complexity index is 655. The molecule has 0 aromatic rings. The number of esters is 3. The number of unbranched alkanes of at least 4 members (excludes halogenated alkanes) is 16. The standard InChI is InChI=1S/C34H64O6/c1-7-9-11-13-15-17-19-21-23-25-30(35)38-27-33(3,4)28-40-32(37)34(5,6)29-39-31(36)26-24-22-20-18-16-14-12-10-8-2/h7-29H2,1-6H3. The fourth-order valence-corrected chi connectivity index (χ4v) is 4.40. The van der Waals surface area contributed by atoms with Crippen molar-refractivity contribution in [3.05, 3.63) is 0 Å². The summed E-state index contributed by atoms with van der Waals surface area (Å²) in [4.78, 5) is 36.9. The second kappa shape index (κ2) is 24.1. The van der Waals surface area contributed by atoms with E-state index in [9.17, 15) is 14.4 Å². The lowest BCUT2D eigenvalue weighted by Crippen LogP contribution is -2.36. The third-order valence-electron chi connectivity index (χ3n) is 7.33. The highest BCUT2D eigenvalue weighted by atomic mass is 16.6. The molecule has 0 amide bonds. The molecule has 0 saturated heterocycles. The molecule has 0 spiro atoms. The van der Waals surface area contributed by atoms with Gasteiger partial charge in [0.15, 0.2) is 0 Å². The van der Waals surface area contributed by atoms with E-state index in [0.717, 1.165) is 32.1 Å². The predicted octanol–water partition coefficient (Wildman–Crippen LogP) is 9.51. The Hall–Kier alpha value is -1.59. The molecular weight excluding hydrogens is 504 g/mol. The molecule has 6 nitrogen and oxygen atoms in total. The van der Waals surface area contributed by atoms with Crippen molar-refractivity contribution >= 4 is 17.9 Å². The summed E-state index contributed by atoms with van der Waals surface area (Å²) in [6, 6.07) is 0. The SMILES string of the molecule is CCCCCCCCCCCC(=O)OCC(C)(C)COC(=O)C(C)(C)COC(=O)CCCCCCCCCCC. The van der Waals surface area contributed by atoms with E-state index in [-0.39, 0.29) is 31.8 Å².